The minimum Gasteiger partial charge on any atom is -1.00 e. The quantitative estimate of drug-likeness (QED) is 0.152. The van der Waals surface area contributed by atoms with Crippen molar-refractivity contribution in [3.05, 3.63) is 4.91 Å². The molecule has 10 heteroatoms. The third kappa shape index (κ3) is 13.3. The van der Waals surface area contributed by atoms with Crippen molar-refractivity contribution in [2.45, 2.75) is 58.3 Å². The van der Waals surface area contributed by atoms with Crippen molar-refractivity contribution in [3.63, 3.8) is 0 Å². The zero-order valence-corrected chi connectivity index (χ0v) is 15.8. The van der Waals surface area contributed by atoms with E-state index in [1.165, 1.54) is 0 Å². The zero-order chi connectivity index (χ0) is 16.1. The molecule has 0 amide bonds. The largest absolute Gasteiger partial charge is 1.00 e. The molecular formula is C12H21NNaO7S-. The van der Waals surface area contributed by atoms with Crippen molar-refractivity contribution in [3.8, 4) is 0 Å². The summed E-state index contributed by atoms with van der Waals surface area (Å²) in [5.41, 5.74) is 0. The maximum Gasteiger partial charge on any atom is 1.00 e. The summed E-state index contributed by atoms with van der Waals surface area (Å²) in [7, 11) is 0. The molecule has 2 unspecified atom stereocenters. The Morgan fingerprint density at radius 1 is 1.23 bits per heavy atom. The number of hydrogen-bond acceptors (Lipinski definition) is 8. The van der Waals surface area contributed by atoms with E-state index in [0.29, 0.717) is 12.8 Å². The van der Waals surface area contributed by atoms with Gasteiger partial charge < -0.3 is 10.2 Å². The van der Waals surface area contributed by atoms with Gasteiger partial charge in [-0.1, -0.05) is 45.4 Å². The summed E-state index contributed by atoms with van der Waals surface area (Å²) >= 11 is -2.98. The summed E-state index contributed by atoms with van der Waals surface area (Å²) in [6.07, 6.45) is 5.75. The Morgan fingerprint density at radius 2 is 1.82 bits per heavy atom. The molecule has 0 radical (unpaired) electrons. The van der Waals surface area contributed by atoms with Crippen molar-refractivity contribution in [2.75, 3.05) is 0 Å². The van der Waals surface area contributed by atoms with Gasteiger partial charge in [0.05, 0.1) is 12.3 Å². The van der Waals surface area contributed by atoms with Crippen molar-refractivity contribution in [1.82, 2.24) is 0 Å². The van der Waals surface area contributed by atoms with Crippen LogP contribution in [0.15, 0.2) is 5.34 Å². The van der Waals surface area contributed by atoms with Gasteiger partial charge in [-0.05, 0) is 6.42 Å². The van der Waals surface area contributed by atoms with E-state index in [-0.39, 0.29) is 31.0 Å². The maximum absolute atomic E-state index is 11.5. The molecule has 0 aromatic carbocycles. The van der Waals surface area contributed by atoms with Crippen LogP contribution in [-0.4, -0.2) is 20.7 Å². The summed E-state index contributed by atoms with van der Waals surface area (Å²) < 4.78 is 24.4. The summed E-state index contributed by atoms with van der Waals surface area (Å²) in [5.74, 6) is -2.95. The average molecular weight is 346 g/mol. The van der Waals surface area contributed by atoms with Crippen LogP contribution in [0.5, 0.6) is 0 Å². The van der Waals surface area contributed by atoms with Gasteiger partial charge >= 0.3 is 41.5 Å². The number of carbonyl (C=O) groups is 2. The van der Waals surface area contributed by atoms with Crippen LogP contribution in [0.3, 0.4) is 0 Å². The van der Waals surface area contributed by atoms with E-state index in [4.69, 9.17) is 0 Å². The SMILES string of the molecule is CCCCCCCCC(CC(=O)OS(=O)[O-])C(=O)ON=O.[H-].[Na+]. The number of unbranched alkanes of at least 4 members (excludes halogenated alkanes) is 5. The van der Waals surface area contributed by atoms with Crippen LogP contribution in [0.25, 0.3) is 0 Å². The number of rotatable bonds is 12. The van der Waals surface area contributed by atoms with E-state index in [2.05, 4.69) is 15.9 Å². The second kappa shape index (κ2) is 15.5. The molecule has 0 fully saturated rings. The average Bonchev–Trinajstić information content (AvgIpc) is 2.40. The van der Waals surface area contributed by atoms with Gasteiger partial charge in [0.2, 0.25) is 0 Å². The van der Waals surface area contributed by atoms with Crippen LogP contribution in [0, 0.1) is 10.8 Å². The minimum absolute atomic E-state index is 0. The molecular weight excluding hydrogens is 325 g/mol. The second-order valence-corrected chi connectivity index (χ2v) is 5.18. The zero-order valence-electron chi connectivity index (χ0n) is 13.9. The van der Waals surface area contributed by atoms with Crippen LogP contribution >= 0.6 is 0 Å². The number of hydrogen-bond donors (Lipinski definition) is 0. The van der Waals surface area contributed by atoms with E-state index in [1.807, 2.05) is 5.34 Å². The smallest absolute Gasteiger partial charge is 1.00 e. The maximum atomic E-state index is 11.5. The summed E-state index contributed by atoms with van der Waals surface area (Å²) in [6, 6.07) is 0. The van der Waals surface area contributed by atoms with Crippen molar-refractivity contribution >= 4 is 23.3 Å². The molecule has 0 aliphatic heterocycles. The van der Waals surface area contributed by atoms with Gasteiger partial charge in [-0.25, -0.2) is 9.00 Å². The van der Waals surface area contributed by atoms with E-state index < -0.39 is 35.6 Å². The third-order valence-corrected chi connectivity index (χ3v) is 3.26. The van der Waals surface area contributed by atoms with E-state index in [1.54, 1.807) is 0 Å². The Morgan fingerprint density at radius 3 is 2.36 bits per heavy atom. The number of carbonyl (C=O) groups excluding carboxylic acids is 2. The molecule has 22 heavy (non-hydrogen) atoms. The monoisotopic (exact) mass is 346 g/mol. The Hall–Kier alpha value is -0.350. The predicted molar refractivity (Wildman–Crippen MR) is 74.1 cm³/mol. The summed E-state index contributed by atoms with van der Waals surface area (Å²) in [6.45, 7) is 2.10. The van der Waals surface area contributed by atoms with Gasteiger partial charge in [0, 0.05) is 0 Å². The second-order valence-electron chi connectivity index (χ2n) is 4.60. The summed E-state index contributed by atoms with van der Waals surface area (Å²) in [5, 5.41) is 2.02. The van der Waals surface area contributed by atoms with Gasteiger partial charge in [0.15, 0.2) is 5.34 Å². The first-order valence-corrected chi connectivity index (χ1v) is 7.85. The topological polar surface area (TPSA) is 122 Å². The molecule has 8 nitrogen and oxygen atoms in total. The Bertz CT molecular complexity index is 373. The third-order valence-electron chi connectivity index (χ3n) is 2.94. The van der Waals surface area contributed by atoms with Crippen molar-refractivity contribution in [1.29, 1.82) is 0 Å². The van der Waals surface area contributed by atoms with E-state index >= 15 is 0 Å². The molecule has 0 rings (SSSR count). The van der Waals surface area contributed by atoms with Crippen LogP contribution in [0.4, 0.5) is 0 Å². The first kappa shape index (κ1) is 23.9. The van der Waals surface area contributed by atoms with Crippen molar-refractivity contribution in [2.24, 2.45) is 11.3 Å². The molecule has 0 N–H and O–H groups in total. The first-order valence-electron chi connectivity index (χ1n) is 6.85. The standard InChI is InChI=1S/C12H21NO7S.Na.H/c1-2-3-4-5-6-7-8-10(12(15)19-13-16)9-11(14)20-21(17)18;;/h10H,2-9H2,1H3,(H,17,18);;/q;+1;-1/p-1. The number of nitrogens with zero attached hydrogens (tertiary/aromatic N) is 1. The van der Waals surface area contributed by atoms with Crippen LogP contribution < -0.4 is 29.6 Å². The van der Waals surface area contributed by atoms with Crippen molar-refractivity contribution < 1.29 is 58.4 Å². The molecule has 0 aromatic rings. The van der Waals surface area contributed by atoms with Crippen LogP contribution in [-0.2, 0) is 30.0 Å². The molecule has 0 aliphatic rings. The van der Waals surface area contributed by atoms with Gasteiger partial charge in [-0.3, -0.25) is 9.63 Å². The molecule has 124 valence electrons. The van der Waals surface area contributed by atoms with Gasteiger partial charge in [-0.15, -0.1) is 4.91 Å². The molecule has 0 spiro atoms. The van der Waals surface area contributed by atoms with E-state index in [9.17, 15) is 23.3 Å². The van der Waals surface area contributed by atoms with Crippen LogP contribution in [0.2, 0.25) is 0 Å². The van der Waals surface area contributed by atoms with Gasteiger partial charge in [0.1, 0.15) is 11.4 Å². The predicted octanol–water partition coefficient (Wildman–Crippen LogP) is -0.578. The van der Waals surface area contributed by atoms with Gasteiger partial charge in [-0.2, -0.15) is 0 Å². The molecule has 0 bridgehead atoms. The molecule has 2 atom stereocenters. The summed E-state index contributed by atoms with van der Waals surface area (Å²) in [4.78, 5) is 36.6. The van der Waals surface area contributed by atoms with E-state index in [0.717, 1.165) is 32.1 Å². The fourth-order valence-electron chi connectivity index (χ4n) is 1.90. The first-order chi connectivity index (χ1) is 10.0. The fourth-order valence-corrected chi connectivity index (χ4v) is 2.12. The molecule has 0 saturated carbocycles. The molecule has 0 aliphatic carbocycles. The Kier molecular flexibility index (Phi) is 16.9. The Labute approximate surface area is 155 Å². The Balaban J connectivity index is -0.00000200. The molecule has 0 aromatic heterocycles. The van der Waals surface area contributed by atoms with Gasteiger partial charge in [0.25, 0.3) is 0 Å². The minimum atomic E-state index is -2.98. The van der Waals surface area contributed by atoms with Crippen LogP contribution in [0.1, 0.15) is 59.7 Å². The normalized spacial score (nSPS) is 12.6. The molecule has 0 heterocycles. The molecule has 0 saturated heterocycles. The fraction of sp³-hybridized carbons (Fsp3) is 0.833.